The second-order valence-electron chi connectivity index (χ2n) is 4.81. The van der Waals surface area contributed by atoms with Crippen molar-refractivity contribution in [2.45, 2.75) is 5.92 Å². The molecule has 3 rings (SSSR count). The van der Waals surface area contributed by atoms with Gasteiger partial charge in [-0.1, -0.05) is 36.5 Å². The number of hydrogen-bond donors (Lipinski definition) is 1. The molecule has 0 amide bonds. The van der Waals surface area contributed by atoms with E-state index < -0.39 is 5.92 Å². The molecule has 6 heteroatoms. The van der Waals surface area contributed by atoms with E-state index in [1.807, 2.05) is 35.7 Å². The number of ketones is 1. The largest absolute Gasteiger partial charge is 0.490 e. The Bertz CT molecular complexity index is 764. The maximum atomic E-state index is 12.5. The summed E-state index contributed by atoms with van der Waals surface area (Å²) in [5.41, 5.74) is 0.902. The zero-order valence-corrected chi connectivity index (χ0v) is 13.8. The molecular weight excluding hydrogens is 328 g/mol. The molecule has 1 N–H and O–H groups in total. The summed E-state index contributed by atoms with van der Waals surface area (Å²) >= 11 is 2.62. The van der Waals surface area contributed by atoms with E-state index in [2.05, 4.69) is 11.6 Å². The zero-order valence-electron chi connectivity index (χ0n) is 12.2. The number of rotatable bonds is 5. The smallest absolute Gasteiger partial charge is 0.186 e. The minimum absolute atomic E-state index is 0.0538. The van der Waals surface area contributed by atoms with Crippen LogP contribution in [0.3, 0.4) is 0 Å². The van der Waals surface area contributed by atoms with Gasteiger partial charge in [0.05, 0.1) is 9.95 Å². The van der Waals surface area contributed by atoms with Gasteiger partial charge in [0.1, 0.15) is 23.3 Å². The van der Waals surface area contributed by atoms with E-state index >= 15 is 0 Å². The maximum Gasteiger partial charge on any atom is 0.186 e. The molecule has 0 aliphatic carbocycles. The van der Waals surface area contributed by atoms with Crippen LogP contribution in [0.1, 0.15) is 16.5 Å². The topological polar surface area (TPSA) is 63.0 Å². The van der Waals surface area contributed by atoms with Crippen molar-refractivity contribution in [3.8, 4) is 5.75 Å². The number of thioether (sulfide) groups is 1. The second-order valence-corrected chi connectivity index (χ2v) is 6.82. The van der Waals surface area contributed by atoms with Crippen LogP contribution in [0.25, 0.3) is 6.08 Å². The van der Waals surface area contributed by atoms with Crippen LogP contribution < -0.4 is 4.74 Å². The lowest BCUT2D eigenvalue weighted by Crippen LogP contribution is -2.11. The Morgan fingerprint density at radius 1 is 1.35 bits per heavy atom. The van der Waals surface area contributed by atoms with Gasteiger partial charge in [-0.25, -0.2) is 4.98 Å². The number of Topliss-reactive ketones (excluding diaryl/α,β-unsaturated/α-hetero) is 1. The first-order chi connectivity index (χ1) is 11.2. The summed E-state index contributed by atoms with van der Waals surface area (Å²) in [4.78, 5) is 17.3. The molecule has 1 atom stereocenters. The summed E-state index contributed by atoms with van der Waals surface area (Å²) in [6.45, 7) is 4.07. The Kier molecular flexibility index (Phi) is 4.73. The molecule has 1 aromatic carbocycles. The number of allylic oxidation sites excluding steroid dienone is 1. The molecule has 23 heavy (non-hydrogen) atoms. The molecule has 116 valence electrons. The van der Waals surface area contributed by atoms with Crippen LogP contribution in [-0.2, 0) is 4.79 Å². The van der Waals surface area contributed by atoms with E-state index in [0.717, 1.165) is 11.3 Å². The van der Waals surface area contributed by atoms with E-state index in [-0.39, 0.29) is 5.78 Å². The van der Waals surface area contributed by atoms with Gasteiger partial charge >= 0.3 is 0 Å². The Balaban J connectivity index is 1.79. The number of ether oxygens (including phenoxy) is 1. The second kappa shape index (κ2) is 6.93. The summed E-state index contributed by atoms with van der Waals surface area (Å²) in [6.07, 6.45) is 5.16. The summed E-state index contributed by atoms with van der Waals surface area (Å²) in [5, 5.41) is 10.9. The fourth-order valence-corrected chi connectivity index (χ4v) is 3.96. The van der Waals surface area contributed by atoms with Gasteiger partial charge in [-0.3, -0.25) is 10.2 Å². The number of thiazole rings is 1. The first-order valence-corrected chi connectivity index (χ1v) is 8.64. The Morgan fingerprint density at radius 3 is 2.78 bits per heavy atom. The van der Waals surface area contributed by atoms with Crippen molar-refractivity contribution in [2.75, 3.05) is 6.61 Å². The van der Waals surface area contributed by atoms with Gasteiger partial charge in [-0.15, -0.1) is 11.3 Å². The van der Waals surface area contributed by atoms with Gasteiger partial charge in [-0.05, 0) is 23.8 Å². The Hall–Kier alpha value is -2.18. The van der Waals surface area contributed by atoms with Gasteiger partial charge < -0.3 is 4.74 Å². The molecule has 2 aromatic rings. The number of carbonyl (C=O) groups excluding carboxylic acids is 1. The lowest BCUT2D eigenvalue weighted by atomic mass is 10.1. The van der Waals surface area contributed by atoms with Crippen LogP contribution in [0.2, 0.25) is 0 Å². The molecule has 1 aliphatic rings. The molecule has 0 unspecified atom stereocenters. The van der Waals surface area contributed by atoms with Gasteiger partial charge in [-0.2, -0.15) is 0 Å². The third-order valence-electron chi connectivity index (χ3n) is 3.23. The van der Waals surface area contributed by atoms with Crippen molar-refractivity contribution >= 4 is 40.0 Å². The van der Waals surface area contributed by atoms with Gasteiger partial charge in [0.25, 0.3) is 0 Å². The molecule has 0 radical (unpaired) electrons. The van der Waals surface area contributed by atoms with Gasteiger partial charge in [0.15, 0.2) is 5.78 Å². The molecule has 2 heterocycles. The quantitative estimate of drug-likeness (QED) is 0.655. The molecule has 0 spiro atoms. The summed E-state index contributed by atoms with van der Waals surface area (Å²) in [5.74, 6) is 0.161. The molecule has 1 aliphatic heterocycles. The zero-order chi connectivity index (χ0) is 16.2. The van der Waals surface area contributed by atoms with Crippen molar-refractivity contribution in [2.24, 2.45) is 0 Å². The lowest BCUT2D eigenvalue weighted by molar-refractivity contribution is -0.114. The molecule has 0 bridgehead atoms. The highest BCUT2D eigenvalue weighted by atomic mass is 32.2. The Morgan fingerprint density at radius 2 is 2.13 bits per heavy atom. The lowest BCUT2D eigenvalue weighted by Gasteiger charge is -2.03. The fourth-order valence-electron chi connectivity index (χ4n) is 2.16. The number of aromatic nitrogens is 1. The van der Waals surface area contributed by atoms with Crippen LogP contribution in [0.4, 0.5) is 0 Å². The predicted molar refractivity (Wildman–Crippen MR) is 95.3 cm³/mol. The van der Waals surface area contributed by atoms with E-state index in [9.17, 15) is 4.79 Å². The van der Waals surface area contributed by atoms with Gasteiger partial charge in [0, 0.05) is 11.6 Å². The van der Waals surface area contributed by atoms with Crippen LogP contribution >= 0.6 is 23.1 Å². The normalized spacial score (nSPS) is 19.3. The van der Waals surface area contributed by atoms with E-state index in [0.29, 0.717) is 21.6 Å². The van der Waals surface area contributed by atoms with E-state index in [4.69, 9.17) is 10.1 Å². The first kappa shape index (κ1) is 15.7. The summed E-state index contributed by atoms with van der Waals surface area (Å²) in [7, 11) is 0. The fraction of sp³-hybridized carbons (Fsp3) is 0.118. The van der Waals surface area contributed by atoms with Crippen LogP contribution in [-0.4, -0.2) is 22.4 Å². The predicted octanol–water partition coefficient (Wildman–Crippen LogP) is 4.13. The standard InChI is InChI=1S/C17H14N2O2S2/c1-2-8-21-12-5-3-11(4-6-12)10-13-15(20)14(16(18)23-13)17-19-7-9-22-17/h2-7,9-10,14,18H,1,8H2/b13-10-,18-16?/t14-/m1/s1. The van der Waals surface area contributed by atoms with Crippen molar-refractivity contribution in [1.29, 1.82) is 5.41 Å². The van der Waals surface area contributed by atoms with Gasteiger partial charge in [0.2, 0.25) is 0 Å². The average molecular weight is 342 g/mol. The van der Waals surface area contributed by atoms with Crippen molar-refractivity contribution < 1.29 is 9.53 Å². The summed E-state index contributed by atoms with van der Waals surface area (Å²) < 4.78 is 5.43. The van der Waals surface area contributed by atoms with Crippen molar-refractivity contribution in [3.63, 3.8) is 0 Å². The highest BCUT2D eigenvalue weighted by molar-refractivity contribution is 8.19. The summed E-state index contributed by atoms with van der Waals surface area (Å²) in [6, 6.07) is 7.48. The number of carbonyl (C=O) groups is 1. The molecular formula is C17H14N2O2S2. The monoisotopic (exact) mass is 342 g/mol. The molecule has 1 fully saturated rings. The van der Waals surface area contributed by atoms with Crippen molar-refractivity contribution in [1.82, 2.24) is 4.98 Å². The first-order valence-electron chi connectivity index (χ1n) is 6.94. The SMILES string of the molecule is C=CCOc1ccc(/C=C2\SC(=N)[C@H](c3nccs3)C2=O)cc1. The molecule has 1 saturated heterocycles. The van der Waals surface area contributed by atoms with Crippen LogP contribution in [0, 0.1) is 5.41 Å². The minimum atomic E-state index is -0.540. The number of hydrogen-bond acceptors (Lipinski definition) is 6. The van der Waals surface area contributed by atoms with Crippen LogP contribution in [0.5, 0.6) is 5.75 Å². The number of benzene rings is 1. The van der Waals surface area contributed by atoms with Crippen LogP contribution in [0.15, 0.2) is 53.4 Å². The number of nitrogens with zero attached hydrogens (tertiary/aromatic N) is 1. The highest BCUT2D eigenvalue weighted by Gasteiger charge is 2.38. The third-order valence-corrected chi connectivity index (χ3v) is 5.07. The maximum absolute atomic E-state index is 12.5. The average Bonchev–Trinajstić information content (AvgIpc) is 3.15. The third kappa shape index (κ3) is 3.43. The molecule has 4 nitrogen and oxygen atoms in total. The highest BCUT2D eigenvalue weighted by Crippen LogP contribution is 2.41. The molecule has 0 saturated carbocycles. The van der Waals surface area contributed by atoms with E-state index in [1.54, 1.807) is 12.3 Å². The van der Waals surface area contributed by atoms with E-state index in [1.165, 1.54) is 23.1 Å². The Labute approximate surface area is 142 Å². The minimum Gasteiger partial charge on any atom is -0.490 e. The molecule has 1 aromatic heterocycles. The number of nitrogens with one attached hydrogen (secondary N) is 1. The van der Waals surface area contributed by atoms with Crippen molar-refractivity contribution in [3.05, 3.63) is 64.0 Å².